The van der Waals surface area contributed by atoms with Crippen LogP contribution in [0.3, 0.4) is 0 Å². The molecule has 1 aliphatic heterocycles. The maximum absolute atomic E-state index is 12.6. The molecule has 3 heterocycles. The van der Waals surface area contributed by atoms with Crippen LogP contribution in [0.25, 0.3) is 10.9 Å². The average Bonchev–Trinajstić information content (AvgIpc) is 2.51. The standard InChI is InChI=1S/C13H15N5O2/c1-17-12(19)10-9(3-2-4-15-10)11(16-17)13(20)18-7-5-14-6-8-18/h2-4,14H,5-8H2,1H3. The number of piperazine rings is 1. The maximum Gasteiger partial charge on any atom is 0.292 e. The second kappa shape index (κ2) is 5.01. The fourth-order valence-electron chi connectivity index (χ4n) is 2.35. The third-order valence-corrected chi connectivity index (χ3v) is 3.42. The Morgan fingerprint density at radius 3 is 2.85 bits per heavy atom. The molecule has 1 fully saturated rings. The van der Waals surface area contributed by atoms with E-state index in [0.29, 0.717) is 18.5 Å². The fourth-order valence-corrected chi connectivity index (χ4v) is 2.35. The van der Waals surface area contributed by atoms with Crippen LogP contribution in [0.4, 0.5) is 0 Å². The minimum atomic E-state index is -0.294. The molecular weight excluding hydrogens is 258 g/mol. The van der Waals surface area contributed by atoms with E-state index in [1.54, 1.807) is 23.2 Å². The molecule has 20 heavy (non-hydrogen) atoms. The molecule has 0 saturated carbocycles. The molecule has 0 aromatic carbocycles. The number of carbonyl (C=O) groups excluding carboxylic acids is 1. The normalized spacial score (nSPS) is 15.6. The largest absolute Gasteiger partial charge is 0.335 e. The highest BCUT2D eigenvalue weighted by atomic mass is 16.2. The number of aryl methyl sites for hydroxylation is 1. The zero-order chi connectivity index (χ0) is 14.1. The molecule has 0 atom stereocenters. The minimum absolute atomic E-state index is 0.153. The lowest BCUT2D eigenvalue weighted by Gasteiger charge is -2.27. The topological polar surface area (TPSA) is 80.1 Å². The number of nitrogens with one attached hydrogen (secondary N) is 1. The van der Waals surface area contributed by atoms with Crippen molar-refractivity contribution in [2.45, 2.75) is 0 Å². The van der Waals surface area contributed by atoms with Crippen LogP contribution in [0.1, 0.15) is 10.5 Å². The van der Waals surface area contributed by atoms with Gasteiger partial charge in [-0.15, -0.1) is 0 Å². The summed E-state index contributed by atoms with van der Waals surface area (Å²) in [6, 6.07) is 3.42. The van der Waals surface area contributed by atoms with Gasteiger partial charge in [-0.05, 0) is 12.1 Å². The number of rotatable bonds is 1. The quantitative estimate of drug-likeness (QED) is 0.748. The van der Waals surface area contributed by atoms with Crippen molar-refractivity contribution in [2.24, 2.45) is 7.05 Å². The van der Waals surface area contributed by atoms with E-state index in [4.69, 9.17) is 0 Å². The first-order chi connectivity index (χ1) is 9.68. The first kappa shape index (κ1) is 12.7. The van der Waals surface area contributed by atoms with Gasteiger partial charge in [0.2, 0.25) is 0 Å². The second-order valence-corrected chi connectivity index (χ2v) is 4.72. The predicted octanol–water partition coefficient (Wildman–Crippen LogP) is -0.626. The molecule has 0 unspecified atom stereocenters. The van der Waals surface area contributed by atoms with E-state index >= 15 is 0 Å². The van der Waals surface area contributed by atoms with Gasteiger partial charge in [-0.1, -0.05) is 0 Å². The van der Waals surface area contributed by atoms with Gasteiger partial charge in [-0.3, -0.25) is 14.6 Å². The maximum atomic E-state index is 12.6. The first-order valence-corrected chi connectivity index (χ1v) is 6.50. The molecule has 2 aromatic heterocycles. The number of fused-ring (bicyclic) bond motifs is 1. The summed E-state index contributed by atoms with van der Waals surface area (Å²) in [6.07, 6.45) is 1.54. The average molecular weight is 273 g/mol. The first-order valence-electron chi connectivity index (χ1n) is 6.50. The Kier molecular flexibility index (Phi) is 3.19. The molecule has 7 heteroatoms. The smallest absolute Gasteiger partial charge is 0.292 e. The van der Waals surface area contributed by atoms with E-state index in [1.807, 2.05) is 0 Å². The number of nitrogens with zero attached hydrogens (tertiary/aromatic N) is 4. The van der Waals surface area contributed by atoms with Crippen LogP contribution in [0.15, 0.2) is 23.1 Å². The van der Waals surface area contributed by atoms with Gasteiger partial charge in [0, 0.05) is 44.8 Å². The molecular formula is C13H15N5O2. The Hall–Kier alpha value is -2.28. The fraction of sp³-hybridized carbons (Fsp3) is 0.385. The molecule has 104 valence electrons. The molecule has 0 bridgehead atoms. The van der Waals surface area contributed by atoms with E-state index < -0.39 is 0 Å². The number of hydrogen-bond donors (Lipinski definition) is 1. The summed E-state index contributed by atoms with van der Waals surface area (Å²) in [5.74, 6) is -0.153. The van der Waals surface area contributed by atoms with Gasteiger partial charge in [-0.25, -0.2) is 4.68 Å². The second-order valence-electron chi connectivity index (χ2n) is 4.72. The summed E-state index contributed by atoms with van der Waals surface area (Å²) >= 11 is 0. The van der Waals surface area contributed by atoms with Crippen LogP contribution in [0.5, 0.6) is 0 Å². The van der Waals surface area contributed by atoms with Crippen molar-refractivity contribution in [3.8, 4) is 0 Å². The molecule has 0 radical (unpaired) electrons. The molecule has 7 nitrogen and oxygen atoms in total. The third-order valence-electron chi connectivity index (χ3n) is 3.42. The highest BCUT2D eigenvalue weighted by molar-refractivity contribution is 6.03. The Labute approximate surface area is 115 Å². The Morgan fingerprint density at radius 2 is 2.10 bits per heavy atom. The van der Waals surface area contributed by atoms with Gasteiger partial charge in [0.05, 0.1) is 0 Å². The number of amides is 1. The minimum Gasteiger partial charge on any atom is -0.335 e. The lowest BCUT2D eigenvalue weighted by Crippen LogP contribution is -2.47. The highest BCUT2D eigenvalue weighted by Crippen LogP contribution is 2.13. The molecule has 1 aliphatic rings. The molecule has 0 aliphatic carbocycles. The van der Waals surface area contributed by atoms with E-state index in [1.165, 1.54) is 11.7 Å². The Morgan fingerprint density at radius 1 is 1.35 bits per heavy atom. The van der Waals surface area contributed by atoms with Crippen molar-refractivity contribution in [2.75, 3.05) is 26.2 Å². The van der Waals surface area contributed by atoms with Gasteiger partial charge in [0.1, 0.15) is 5.52 Å². The van der Waals surface area contributed by atoms with Crippen molar-refractivity contribution in [3.63, 3.8) is 0 Å². The van der Waals surface area contributed by atoms with E-state index in [2.05, 4.69) is 15.4 Å². The summed E-state index contributed by atoms with van der Waals surface area (Å²) < 4.78 is 1.17. The Balaban J connectivity index is 2.13. The lowest BCUT2D eigenvalue weighted by atomic mass is 10.2. The van der Waals surface area contributed by atoms with Crippen molar-refractivity contribution in [3.05, 3.63) is 34.4 Å². The monoisotopic (exact) mass is 273 g/mol. The van der Waals surface area contributed by atoms with E-state index in [9.17, 15) is 9.59 Å². The molecule has 1 saturated heterocycles. The summed E-state index contributed by atoms with van der Waals surface area (Å²) in [6.45, 7) is 2.83. The summed E-state index contributed by atoms with van der Waals surface area (Å²) in [5, 5.41) is 7.84. The van der Waals surface area contributed by atoms with Crippen LogP contribution in [-0.4, -0.2) is 51.8 Å². The number of aromatic nitrogens is 3. The predicted molar refractivity (Wildman–Crippen MR) is 73.6 cm³/mol. The van der Waals surface area contributed by atoms with E-state index in [0.717, 1.165) is 13.1 Å². The molecule has 0 spiro atoms. The van der Waals surface area contributed by atoms with Crippen molar-refractivity contribution < 1.29 is 4.79 Å². The zero-order valence-electron chi connectivity index (χ0n) is 11.2. The van der Waals surface area contributed by atoms with Gasteiger partial charge in [0.25, 0.3) is 11.5 Å². The van der Waals surface area contributed by atoms with Crippen LogP contribution in [-0.2, 0) is 7.05 Å². The molecule has 1 amide bonds. The molecule has 3 rings (SSSR count). The molecule has 2 aromatic rings. The number of hydrogen-bond acceptors (Lipinski definition) is 5. The van der Waals surface area contributed by atoms with Gasteiger partial charge in [0.15, 0.2) is 5.69 Å². The molecule has 1 N–H and O–H groups in total. The summed E-state index contributed by atoms with van der Waals surface area (Å²) in [4.78, 5) is 30.4. The van der Waals surface area contributed by atoms with Crippen LogP contribution in [0.2, 0.25) is 0 Å². The van der Waals surface area contributed by atoms with Gasteiger partial charge in [-0.2, -0.15) is 5.10 Å². The number of carbonyl (C=O) groups is 1. The Bertz CT molecular complexity index is 718. The van der Waals surface area contributed by atoms with Crippen molar-refractivity contribution in [1.29, 1.82) is 0 Å². The number of pyridine rings is 1. The summed E-state index contributed by atoms with van der Waals surface area (Å²) in [7, 11) is 1.53. The van der Waals surface area contributed by atoms with Crippen molar-refractivity contribution >= 4 is 16.8 Å². The van der Waals surface area contributed by atoms with E-state index in [-0.39, 0.29) is 22.7 Å². The lowest BCUT2D eigenvalue weighted by molar-refractivity contribution is 0.0729. The third kappa shape index (κ3) is 2.05. The highest BCUT2D eigenvalue weighted by Gasteiger charge is 2.23. The van der Waals surface area contributed by atoms with Gasteiger partial charge >= 0.3 is 0 Å². The van der Waals surface area contributed by atoms with Crippen LogP contribution in [0, 0.1) is 0 Å². The van der Waals surface area contributed by atoms with Gasteiger partial charge < -0.3 is 10.2 Å². The van der Waals surface area contributed by atoms with Crippen LogP contribution >= 0.6 is 0 Å². The SMILES string of the molecule is Cn1nc(C(=O)N2CCNCC2)c2cccnc2c1=O. The summed E-state index contributed by atoms with van der Waals surface area (Å²) in [5.41, 5.74) is 0.276. The van der Waals surface area contributed by atoms with Crippen LogP contribution < -0.4 is 10.9 Å². The van der Waals surface area contributed by atoms with Crippen molar-refractivity contribution in [1.82, 2.24) is 25.0 Å². The zero-order valence-corrected chi connectivity index (χ0v) is 11.2.